The van der Waals surface area contributed by atoms with E-state index in [9.17, 15) is 21.9 Å². The molecule has 0 amide bonds. The molecule has 0 saturated heterocycles. The van der Waals surface area contributed by atoms with Gasteiger partial charge in [-0.15, -0.1) is 0 Å². The number of rotatable bonds is 9. The first kappa shape index (κ1) is 59.9. The predicted molar refractivity (Wildman–Crippen MR) is 507 cm³/mol. The smallest absolute Gasteiger partial charge is 0.252 e. The molecule has 18 rings (SSSR count). The highest BCUT2D eigenvalue weighted by atomic mass is 15.2. The number of benzene rings is 14. The van der Waals surface area contributed by atoms with E-state index in [2.05, 4.69) is 325 Å². The molecule has 0 atom stereocenters. The van der Waals surface area contributed by atoms with Crippen molar-refractivity contribution >= 4 is 101 Å². The number of anilines is 6. The van der Waals surface area contributed by atoms with Crippen LogP contribution >= 0.6 is 0 Å². The van der Waals surface area contributed by atoms with Crippen molar-refractivity contribution in [3.8, 4) is 67.0 Å². The van der Waals surface area contributed by atoms with E-state index in [-0.39, 0.29) is 70.7 Å². The molecule has 0 bridgehead atoms. The third-order valence-corrected chi connectivity index (χ3v) is 24.4. The third kappa shape index (κ3) is 13.3. The van der Waals surface area contributed by atoms with Gasteiger partial charge in [0, 0.05) is 77.9 Å². The van der Waals surface area contributed by atoms with Crippen LogP contribution in [0.3, 0.4) is 0 Å². The summed E-state index contributed by atoms with van der Waals surface area (Å²) in [5, 5.41) is -0.294. The molecule has 5 heteroatoms. The molecule has 0 radical (unpaired) electrons. The molecule has 117 heavy (non-hydrogen) atoms. The SMILES string of the molecule is [2H]c1c([2H])c([2H])c2c(c1[2H])c1c([2H])c([2H])c([2H])c([2H])c1n2-c1ccc2c(c1)N(c1c(-c3ccc(C(C)(C)C)cc3)cc(C(C)(C)C)cc1-c1ccc(C(C)(C)C)cc1)c1cc(-c3ccc(C(C)(C)C)cc3)cc3c1B2c1ccc(-n2c4c([2H])c([2H])c([2H])c([2H])c4c4c([2H])c([2H])c([2H])c([2H])c42)cc1N3c1c(-c2ccc(C(C)(C)C)cc2)cc(C(C)(C)C)cc1-c1ccc(C(C)(C)C)cc1. The Morgan fingerprint density at radius 2 is 0.470 bits per heavy atom. The maximum absolute atomic E-state index is 10.1. The van der Waals surface area contributed by atoms with Crippen LogP contribution in [0.25, 0.3) is 111 Å². The molecule has 2 aromatic heterocycles. The Morgan fingerprint density at radius 3 is 0.718 bits per heavy atom. The van der Waals surface area contributed by atoms with Crippen molar-refractivity contribution in [2.45, 2.75) is 183 Å². The molecule has 14 aromatic carbocycles. The summed E-state index contributed by atoms with van der Waals surface area (Å²) in [5.41, 5.74) is 21.1. The molecule has 2 aliphatic rings. The van der Waals surface area contributed by atoms with Crippen LogP contribution < -0.4 is 26.2 Å². The lowest BCUT2D eigenvalue weighted by atomic mass is 9.33. The van der Waals surface area contributed by atoms with Gasteiger partial charge in [0.2, 0.25) is 0 Å². The van der Waals surface area contributed by atoms with Crippen LogP contribution in [0, 0.1) is 0 Å². The maximum atomic E-state index is 10.1. The van der Waals surface area contributed by atoms with Gasteiger partial charge in [-0.2, -0.15) is 0 Å². The van der Waals surface area contributed by atoms with Gasteiger partial charge < -0.3 is 18.9 Å². The fraction of sp³-hybridized carbons (Fsp3) is 0.250. The molecule has 0 saturated carbocycles. The van der Waals surface area contributed by atoms with Crippen LogP contribution in [0.15, 0.2) is 291 Å². The van der Waals surface area contributed by atoms with E-state index in [0.717, 1.165) is 134 Å². The minimum atomic E-state index is -0.820. The summed E-state index contributed by atoms with van der Waals surface area (Å²) in [6.45, 7) is 45.7. The standard InChI is InChI=1S/C112H111BN4/c1-106(2,3)76-48-38-70(39-49-76)75-62-101-103-102(63-75)117(105-91(73-44-54-79(55-45-73)109(10,11)12)66-82(112(19,20)21)67-92(105)74-46-56-80(57-47-74)110(13,14)15)100-69-84(115-97-36-28-24-32-87(97)88-33-25-29-37-98(88)115)59-61-94(100)113(103)93-60-58-83(114-95-34-26-22-30-85(95)86-31-23-27-35-96(86)114)68-99(93)116(101)104-89(71-40-50-77(51-41-71)107(4,5)6)64-81(111(16,17)18)65-90(104)72-42-52-78(53-43-72)108(7,8)9/h22-69H,1-21H3/i22D,23D,24D,25D,26D,27D,28D,29D,30D,31D,32D,33D,34D,35D,36D,37D. The second-order valence-corrected chi connectivity index (χ2v) is 39.6. The van der Waals surface area contributed by atoms with Gasteiger partial charge in [0.1, 0.15) is 0 Å². The zero-order chi connectivity index (χ0) is 96.0. The summed E-state index contributed by atoms with van der Waals surface area (Å²) < 4.78 is 157. The Labute approximate surface area is 718 Å². The van der Waals surface area contributed by atoms with E-state index in [0.29, 0.717) is 22.7 Å². The van der Waals surface area contributed by atoms with Crippen molar-refractivity contribution in [2.75, 3.05) is 9.80 Å². The van der Waals surface area contributed by atoms with Crippen LogP contribution in [-0.2, 0) is 37.9 Å². The van der Waals surface area contributed by atoms with Gasteiger partial charge in [-0.25, -0.2) is 0 Å². The first-order valence-corrected chi connectivity index (χ1v) is 41.1. The minimum Gasteiger partial charge on any atom is -0.310 e. The number of fused-ring (bicyclic) bond motifs is 10. The molecule has 0 aliphatic carbocycles. The Bertz CT molecular complexity index is 6900. The molecule has 16 aromatic rings. The molecule has 4 heterocycles. The minimum absolute atomic E-state index is 0.0519. The van der Waals surface area contributed by atoms with Crippen LogP contribution in [0.5, 0.6) is 0 Å². The molecule has 0 spiro atoms. The highest BCUT2D eigenvalue weighted by Crippen LogP contribution is 2.57. The number of hydrogen-bond donors (Lipinski definition) is 0. The number of nitrogens with zero attached hydrogens (tertiary/aromatic N) is 4. The zero-order valence-corrected chi connectivity index (χ0v) is 71.3. The lowest BCUT2D eigenvalue weighted by Gasteiger charge is -2.46. The van der Waals surface area contributed by atoms with Crippen molar-refractivity contribution < 1.29 is 21.9 Å². The summed E-state index contributed by atoms with van der Waals surface area (Å²) in [4.78, 5) is 4.78. The first-order valence-electron chi connectivity index (χ1n) is 49.1. The lowest BCUT2D eigenvalue weighted by Crippen LogP contribution is -2.61. The van der Waals surface area contributed by atoms with E-state index < -0.39 is 114 Å². The van der Waals surface area contributed by atoms with Gasteiger partial charge in [-0.1, -0.05) is 351 Å². The summed E-state index contributed by atoms with van der Waals surface area (Å²) in [7, 11) is 0. The van der Waals surface area contributed by atoms with Crippen molar-refractivity contribution in [1.82, 2.24) is 9.13 Å². The quantitative estimate of drug-likeness (QED) is 0.134. The molecule has 0 N–H and O–H groups in total. The highest BCUT2D eigenvalue weighted by molar-refractivity contribution is 7.00. The van der Waals surface area contributed by atoms with Crippen molar-refractivity contribution in [3.63, 3.8) is 0 Å². The van der Waals surface area contributed by atoms with Crippen LogP contribution in [0.2, 0.25) is 0 Å². The predicted octanol–water partition coefficient (Wildman–Crippen LogP) is 29.4. The van der Waals surface area contributed by atoms with E-state index in [1.165, 1.54) is 0 Å². The normalized spacial score (nSPS) is 15.4. The van der Waals surface area contributed by atoms with Gasteiger partial charge in [0.25, 0.3) is 6.71 Å². The molecule has 0 fully saturated rings. The van der Waals surface area contributed by atoms with E-state index >= 15 is 0 Å². The summed E-state index contributed by atoms with van der Waals surface area (Å²) in [5.74, 6) is 0. The average molecular weight is 1540 g/mol. The summed E-state index contributed by atoms with van der Waals surface area (Å²) in [6.07, 6.45) is 0. The summed E-state index contributed by atoms with van der Waals surface area (Å²) >= 11 is 0. The van der Waals surface area contributed by atoms with E-state index in [1.807, 2.05) is 24.3 Å². The Hall–Kier alpha value is -11.7. The van der Waals surface area contributed by atoms with Gasteiger partial charge in [-0.05, 0) is 211 Å². The first-order chi connectivity index (χ1) is 62.1. The fourth-order valence-electron chi connectivity index (χ4n) is 17.5. The second kappa shape index (κ2) is 27.5. The summed E-state index contributed by atoms with van der Waals surface area (Å²) in [6, 6.07) is 61.9. The number of hydrogen-bond acceptors (Lipinski definition) is 2. The molecular weight excluding hydrogens is 1410 g/mol. The molecule has 582 valence electrons. The van der Waals surface area contributed by atoms with Gasteiger partial charge >= 0.3 is 0 Å². The Balaban J connectivity index is 1.11. The number of aromatic nitrogens is 2. The lowest BCUT2D eigenvalue weighted by molar-refractivity contribution is 0.589. The van der Waals surface area contributed by atoms with E-state index in [4.69, 9.17) is 0 Å². The van der Waals surface area contributed by atoms with Crippen molar-refractivity contribution in [3.05, 3.63) is 330 Å². The molecular formula is C112H111BN4. The topological polar surface area (TPSA) is 16.3 Å². The molecule has 2 aliphatic heterocycles. The van der Waals surface area contributed by atoms with Crippen LogP contribution in [0.4, 0.5) is 34.1 Å². The fourth-order valence-corrected chi connectivity index (χ4v) is 17.5. The van der Waals surface area contributed by atoms with Gasteiger partial charge in [0.05, 0.1) is 55.4 Å². The highest BCUT2D eigenvalue weighted by Gasteiger charge is 2.47. The van der Waals surface area contributed by atoms with Gasteiger partial charge in [-0.3, -0.25) is 0 Å². The average Bonchev–Trinajstić information content (AvgIpc) is 1.32. The number of para-hydroxylation sites is 4. The Kier molecular flexibility index (Phi) is 14.1. The second-order valence-electron chi connectivity index (χ2n) is 39.6. The zero-order valence-electron chi connectivity index (χ0n) is 87.3. The Morgan fingerprint density at radius 1 is 0.231 bits per heavy atom. The molecule has 4 nitrogen and oxygen atoms in total. The van der Waals surface area contributed by atoms with Gasteiger partial charge in [0.15, 0.2) is 0 Å². The van der Waals surface area contributed by atoms with Crippen LogP contribution in [-0.4, -0.2) is 15.8 Å². The van der Waals surface area contributed by atoms with Crippen molar-refractivity contribution in [2.24, 2.45) is 0 Å². The monoisotopic (exact) mass is 1540 g/mol. The largest absolute Gasteiger partial charge is 0.310 e. The van der Waals surface area contributed by atoms with E-state index in [1.54, 1.807) is 9.13 Å². The third-order valence-electron chi connectivity index (χ3n) is 24.4. The van der Waals surface area contributed by atoms with Crippen LogP contribution in [0.1, 0.15) is 206 Å². The van der Waals surface area contributed by atoms with Crippen molar-refractivity contribution in [1.29, 1.82) is 0 Å². The maximum Gasteiger partial charge on any atom is 0.252 e. The molecule has 0 unspecified atom stereocenters.